The van der Waals surface area contributed by atoms with E-state index in [2.05, 4.69) is 10.6 Å². The van der Waals surface area contributed by atoms with E-state index in [1.165, 1.54) is 10.4 Å². The fourth-order valence-corrected chi connectivity index (χ4v) is 2.77. The number of thiophene rings is 1. The van der Waals surface area contributed by atoms with Crippen LogP contribution < -0.4 is 10.6 Å². The van der Waals surface area contributed by atoms with Gasteiger partial charge in [0, 0.05) is 9.75 Å². The van der Waals surface area contributed by atoms with E-state index in [-0.39, 0.29) is 0 Å². The maximum atomic E-state index is 11.7. The molecular weight excluding hydrogens is 276 g/mol. The Morgan fingerprint density at radius 3 is 2.60 bits per heavy atom. The highest BCUT2D eigenvalue weighted by molar-refractivity contribution is 7.12. The van der Waals surface area contributed by atoms with Crippen molar-refractivity contribution in [3.8, 4) is 0 Å². The number of nitrogens with one attached hydrogen (secondary N) is 2. The van der Waals surface area contributed by atoms with Crippen molar-refractivity contribution >= 4 is 23.3 Å². The lowest BCUT2D eigenvalue weighted by Gasteiger charge is -2.14. The average Bonchev–Trinajstić information content (AvgIpc) is 2.71. The van der Waals surface area contributed by atoms with Crippen LogP contribution in [0.3, 0.4) is 0 Å². The topological polar surface area (TPSA) is 78.4 Å². The van der Waals surface area contributed by atoms with Crippen LogP contribution in [0.1, 0.15) is 41.5 Å². The number of carbonyl (C=O) groups is 2. The molecule has 0 aliphatic carbocycles. The van der Waals surface area contributed by atoms with Crippen LogP contribution in [0, 0.1) is 13.8 Å². The van der Waals surface area contributed by atoms with Crippen LogP contribution in [0.25, 0.3) is 0 Å². The van der Waals surface area contributed by atoms with E-state index in [1.807, 2.05) is 26.8 Å². The number of hydrogen-bond donors (Lipinski definition) is 3. The molecule has 0 aliphatic rings. The molecule has 5 nitrogen and oxygen atoms in total. The molecule has 1 rings (SSSR count). The van der Waals surface area contributed by atoms with Crippen molar-refractivity contribution in [3.63, 3.8) is 0 Å². The normalized spacial score (nSPS) is 11.9. The van der Waals surface area contributed by atoms with Crippen LogP contribution in [-0.4, -0.2) is 23.1 Å². The highest BCUT2D eigenvalue weighted by Crippen LogP contribution is 2.20. The van der Waals surface area contributed by atoms with Gasteiger partial charge in [-0.2, -0.15) is 0 Å². The van der Waals surface area contributed by atoms with Crippen molar-refractivity contribution in [1.29, 1.82) is 0 Å². The van der Waals surface area contributed by atoms with Gasteiger partial charge in [-0.15, -0.1) is 11.3 Å². The summed E-state index contributed by atoms with van der Waals surface area (Å²) in [4.78, 5) is 25.0. The lowest BCUT2D eigenvalue weighted by atomic mass is 10.1. The van der Waals surface area contributed by atoms with E-state index in [1.54, 1.807) is 11.3 Å². The van der Waals surface area contributed by atoms with Crippen LogP contribution >= 0.6 is 11.3 Å². The number of aliphatic carboxylic acids is 1. The third kappa shape index (κ3) is 5.21. The zero-order valence-corrected chi connectivity index (χ0v) is 13.0. The summed E-state index contributed by atoms with van der Waals surface area (Å²) in [5.74, 6) is -0.989. The summed E-state index contributed by atoms with van der Waals surface area (Å²) in [5, 5.41) is 14.2. The molecule has 1 atom stereocenters. The van der Waals surface area contributed by atoms with Gasteiger partial charge in [-0.3, -0.25) is 0 Å². The number of rotatable bonds is 7. The molecule has 0 aliphatic heterocycles. The highest BCUT2D eigenvalue weighted by atomic mass is 32.1. The SMILES string of the molecule is CCCCC(NC(=O)NCc1cc(C)c(C)s1)C(=O)O. The Labute approximate surface area is 123 Å². The maximum Gasteiger partial charge on any atom is 0.326 e. The molecular formula is C14H22N2O3S. The number of amides is 2. The minimum absolute atomic E-state index is 0.422. The van der Waals surface area contributed by atoms with Gasteiger partial charge in [-0.05, 0) is 31.9 Å². The Morgan fingerprint density at radius 2 is 2.10 bits per heavy atom. The maximum absolute atomic E-state index is 11.7. The second-order valence-corrected chi connectivity index (χ2v) is 6.15. The van der Waals surface area contributed by atoms with E-state index in [4.69, 9.17) is 5.11 Å². The van der Waals surface area contributed by atoms with Gasteiger partial charge in [0.25, 0.3) is 0 Å². The summed E-state index contributed by atoms with van der Waals surface area (Å²) in [5.41, 5.74) is 1.21. The predicted molar refractivity (Wildman–Crippen MR) is 80.1 cm³/mol. The number of carboxylic acids is 1. The third-order valence-corrected chi connectivity index (χ3v) is 4.24. The first kappa shape index (κ1) is 16.5. The lowest BCUT2D eigenvalue weighted by molar-refractivity contribution is -0.139. The monoisotopic (exact) mass is 298 g/mol. The fourth-order valence-electron chi connectivity index (χ4n) is 1.78. The molecule has 2 amide bonds. The van der Waals surface area contributed by atoms with Gasteiger partial charge in [-0.1, -0.05) is 19.8 Å². The second-order valence-electron chi connectivity index (χ2n) is 4.81. The third-order valence-electron chi connectivity index (χ3n) is 3.09. The van der Waals surface area contributed by atoms with Gasteiger partial charge < -0.3 is 15.7 Å². The summed E-state index contributed by atoms with van der Waals surface area (Å²) in [6.45, 7) is 6.47. The van der Waals surface area contributed by atoms with Gasteiger partial charge in [0.2, 0.25) is 0 Å². The first-order valence-corrected chi connectivity index (χ1v) is 7.58. The van der Waals surface area contributed by atoms with E-state index >= 15 is 0 Å². The molecule has 0 saturated carbocycles. The smallest absolute Gasteiger partial charge is 0.326 e. The zero-order chi connectivity index (χ0) is 15.1. The van der Waals surface area contributed by atoms with E-state index < -0.39 is 18.0 Å². The Kier molecular flexibility index (Phi) is 6.51. The minimum atomic E-state index is -0.989. The molecule has 112 valence electrons. The van der Waals surface area contributed by atoms with E-state index in [0.29, 0.717) is 13.0 Å². The largest absolute Gasteiger partial charge is 0.480 e. The summed E-state index contributed by atoms with van der Waals surface area (Å²) >= 11 is 1.64. The Hall–Kier alpha value is -1.56. The van der Waals surface area contributed by atoms with Crippen LogP contribution in [0.4, 0.5) is 4.79 Å². The summed E-state index contributed by atoms with van der Waals surface area (Å²) in [7, 11) is 0. The molecule has 0 saturated heterocycles. The molecule has 20 heavy (non-hydrogen) atoms. The van der Waals surface area contributed by atoms with Crippen LogP contribution in [0.2, 0.25) is 0 Å². The van der Waals surface area contributed by atoms with Crippen LogP contribution in [0.15, 0.2) is 6.07 Å². The Balaban J connectivity index is 2.43. The minimum Gasteiger partial charge on any atom is -0.480 e. The van der Waals surface area contributed by atoms with Gasteiger partial charge in [0.05, 0.1) is 6.54 Å². The average molecular weight is 298 g/mol. The lowest BCUT2D eigenvalue weighted by Crippen LogP contribution is -2.45. The molecule has 1 unspecified atom stereocenters. The van der Waals surface area contributed by atoms with Gasteiger partial charge >= 0.3 is 12.0 Å². The molecule has 0 fully saturated rings. The van der Waals surface area contributed by atoms with Crippen molar-refractivity contribution in [2.75, 3.05) is 0 Å². The molecule has 1 aromatic rings. The highest BCUT2D eigenvalue weighted by Gasteiger charge is 2.18. The first-order valence-electron chi connectivity index (χ1n) is 6.77. The standard InChI is InChI=1S/C14H22N2O3S/c1-4-5-6-12(13(17)18)16-14(19)15-8-11-7-9(2)10(3)20-11/h7,12H,4-6,8H2,1-3H3,(H,17,18)(H2,15,16,19). The molecule has 0 bridgehead atoms. The Bertz CT molecular complexity index is 451. The predicted octanol–water partition coefficient (Wildman–Crippen LogP) is 2.81. The summed E-state index contributed by atoms with van der Waals surface area (Å²) < 4.78 is 0. The number of carbonyl (C=O) groups excluding carboxylic acids is 1. The van der Waals surface area contributed by atoms with Crippen LogP contribution in [-0.2, 0) is 11.3 Å². The molecule has 0 aromatic carbocycles. The van der Waals surface area contributed by atoms with Crippen molar-refractivity contribution < 1.29 is 14.7 Å². The quantitative estimate of drug-likeness (QED) is 0.724. The molecule has 0 spiro atoms. The van der Waals surface area contributed by atoms with Gasteiger partial charge in [-0.25, -0.2) is 9.59 Å². The fraction of sp³-hybridized carbons (Fsp3) is 0.571. The molecule has 1 aromatic heterocycles. The van der Waals surface area contributed by atoms with Crippen molar-refractivity contribution in [2.24, 2.45) is 0 Å². The van der Waals surface area contributed by atoms with Gasteiger partial charge in [0.1, 0.15) is 6.04 Å². The number of urea groups is 1. The molecule has 3 N–H and O–H groups in total. The van der Waals surface area contributed by atoms with E-state index in [0.717, 1.165) is 17.7 Å². The molecule has 1 heterocycles. The number of unbranched alkanes of at least 4 members (excludes halogenated alkanes) is 1. The van der Waals surface area contributed by atoms with Gasteiger partial charge in [0.15, 0.2) is 0 Å². The van der Waals surface area contributed by atoms with Crippen molar-refractivity contribution in [3.05, 3.63) is 21.4 Å². The summed E-state index contributed by atoms with van der Waals surface area (Å²) in [6.07, 6.45) is 2.14. The van der Waals surface area contributed by atoms with Crippen LogP contribution in [0.5, 0.6) is 0 Å². The second kappa shape index (κ2) is 7.89. The van der Waals surface area contributed by atoms with E-state index in [9.17, 15) is 9.59 Å². The summed E-state index contributed by atoms with van der Waals surface area (Å²) in [6, 6.07) is 0.783. The zero-order valence-electron chi connectivity index (χ0n) is 12.2. The Morgan fingerprint density at radius 1 is 1.40 bits per heavy atom. The first-order chi connectivity index (χ1) is 9.43. The van der Waals surface area contributed by atoms with Crippen molar-refractivity contribution in [1.82, 2.24) is 10.6 Å². The number of aryl methyl sites for hydroxylation is 2. The number of hydrogen-bond acceptors (Lipinski definition) is 3. The molecule has 0 radical (unpaired) electrons. The van der Waals surface area contributed by atoms with Crippen molar-refractivity contribution in [2.45, 2.75) is 52.6 Å². The molecule has 6 heteroatoms. The number of carboxylic acid groups (broad SMARTS) is 1.